The van der Waals surface area contributed by atoms with Crippen LogP contribution in [0.1, 0.15) is 6.92 Å². The van der Waals surface area contributed by atoms with Gasteiger partial charge in [-0.2, -0.15) is 0 Å². The van der Waals surface area contributed by atoms with E-state index in [0.717, 1.165) is 0 Å². The molecule has 0 atom stereocenters. The fourth-order valence-electron chi connectivity index (χ4n) is 0.704. The zero-order chi connectivity index (χ0) is 6.85. The number of aryl methyl sites for hydroxylation is 1. The fourth-order valence-corrected chi connectivity index (χ4v) is 0.704. The zero-order valence-corrected chi connectivity index (χ0v) is 5.22. The molecule has 1 rings (SSSR count). The fraction of sp³-hybridized carbons (Fsp3) is 0.400. The van der Waals surface area contributed by atoms with Crippen molar-refractivity contribution in [3.05, 3.63) is 16.4 Å². The summed E-state index contributed by atoms with van der Waals surface area (Å²) in [5.41, 5.74) is 5.24. The summed E-state index contributed by atoms with van der Waals surface area (Å²) in [6.07, 6.45) is 0. The van der Waals surface area contributed by atoms with Gasteiger partial charge in [-0.25, -0.2) is 0 Å². The van der Waals surface area contributed by atoms with Gasteiger partial charge in [0.2, 0.25) is 0 Å². The molecule has 0 aromatic carbocycles. The number of aromatic nitrogens is 2. The second-order valence-electron chi connectivity index (χ2n) is 1.79. The van der Waals surface area contributed by atoms with Gasteiger partial charge in [0, 0.05) is 12.6 Å². The Morgan fingerprint density at radius 2 is 2.56 bits per heavy atom. The van der Waals surface area contributed by atoms with E-state index >= 15 is 0 Å². The van der Waals surface area contributed by atoms with Crippen LogP contribution in [0.4, 0.5) is 5.82 Å². The summed E-state index contributed by atoms with van der Waals surface area (Å²) >= 11 is 0. The highest BCUT2D eigenvalue weighted by Gasteiger charge is 1.94. The van der Waals surface area contributed by atoms with Crippen molar-refractivity contribution in [1.29, 1.82) is 0 Å². The van der Waals surface area contributed by atoms with E-state index in [1.807, 2.05) is 6.92 Å². The highest BCUT2D eigenvalue weighted by molar-refractivity contribution is 5.25. The lowest BCUT2D eigenvalue weighted by molar-refractivity contribution is 0.662. The third-order valence-corrected chi connectivity index (χ3v) is 1.15. The maximum Gasteiger partial charge on any atom is 0.266 e. The van der Waals surface area contributed by atoms with E-state index in [9.17, 15) is 4.79 Å². The Kier molecular flexibility index (Phi) is 1.30. The Morgan fingerprint density at radius 1 is 1.89 bits per heavy atom. The van der Waals surface area contributed by atoms with E-state index in [1.165, 1.54) is 6.07 Å². The van der Waals surface area contributed by atoms with Gasteiger partial charge in [0.15, 0.2) is 0 Å². The normalized spacial score (nSPS) is 9.89. The number of aromatic amines is 1. The molecule has 0 saturated heterocycles. The maximum atomic E-state index is 10.5. The molecule has 9 heavy (non-hydrogen) atoms. The Balaban J connectivity index is 3.16. The predicted octanol–water partition coefficient (Wildman–Crippen LogP) is -0.221. The summed E-state index contributed by atoms with van der Waals surface area (Å²) in [6, 6.07) is 1.36. The van der Waals surface area contributed by atoms with Crippen LogP contribution in [0, 0.1) is 0 Å². The third kappa shape index (κ3) is 0.960. The van der Waals surface area contributed by atoms with Gasteiger partial charge >= 0.3 is 0 Å². The summed E-state index contributed by atoms with van der Waals surface area (Å²) < 4.78 is 1.59. The van der Waals surface area contributed by atoms with E-state index in [-0.39, 0.29) is 5.56 Å². The molecule has 1 heterocycles. The van der Waals surface area contributed by atoms with Gasteiger partial charge < -0.3 is 5.73 Å². The highest BCUT2D eigenvalue weighted by atomic mass is 16.1. The molecule has 0 aliphatic rings. The van der Waals surface area contributed by atoms with Gasteiger partial charge in [-0.3, -0.25) is 14.6 Å². The van der Waals surface area contributed by atoms with Crippen LogP contribution in [-0.2, 0) is 6.54 Å². The quantitative estimate of drug-likeness (QED) is 0.547. The first-order valence-corrected chi connectivity index (χ1v) is 2.79. The molecule has 0 spiro atoms. The van der Waals surface area contributed by atoms with E-state index < -0.39 is 0 Å². The van der Waals surface area contributed by atoms with Crippen molar-refractivity contribution in [3.63, 3.8) is 0 Å². The molecule has 0 aliphatic carbocycles. The average molecular weight is 127 g/mol. The SMILES string of the molecule is CCn1[nH]c(=O)cc1N. The van der Waals surface area contributed by atoms with Crippen molar-refractivity contribution in [1.82, 2.24) is 9.78 Å². The predicted molar refractivity (Wildman–Crippen MR) is 35.1 cm³/mol. The van der Waals surface area contributed by atoms with Gasteiger partial charge in [0.25, 0.3) is 5.56 Å². The molecule has 0 unspecified atom stereocenters. The molecule has 50 valence electrons. The van der Waals surface area contributed by atoms with Gasteiger partial charge in [-0.15, -0.1) is 0 Å². The first kappa shape index (κ1) is 5.94. The largest absolute Gasteiger partial charge is 0.384 e. The van der Waals surface area contributed by atoms with Gasteiger partial charge in [-0.1, -0.05) is 0 Å². The molecular weight excluding hydrogens is 118 g/mol. The number of nitrogen functional groups attached to an aromatic ring is 1. The number of anilines is 1. The first-order valence-electron chi connectivity index (χ1n) is 2.79. The summed E-state index contributed by atoms with van der Waals surface area (Å²) in [6.45, 7) is 2.61. The van der Waals surface area contributed by atoms with E-state index in [4.69, 9.17) is 5.73 Å². The van der Waals surface area contributed by atoms with Crippen LogP contribution in [-0.4, -0.2) is 9.78 Å². The minimum atomic E-state index is -0.144. The first-order chi connectivity index (χ1) is 4.24. The van der Waals surface area contributed by atoms with E-state index in [2.05, 4.69) is 5.10 Å². The Morgan fingerprint density at radius 3 is 2.78 bits per heavy atom. The van der Waals surface area contributed by atoms with Crippen molar-refractivity contribution >= 4 is 5.82 Å². The number of nitrogens with two attached hydrogens (primary N) is 1. The summed E-state index contributed by atoms with van der Waals surface area (Å²) in [5, 5.41) is 2.53. The molecule has 0 radical (unpaired) electrons. The standard InChI is InChI=1S/C5H9N3O/c1-2-8-4(6)3-5(9)7-8/h3H,2,6H2,1H3,(H,7,9). The molecule has 0 aliphatic heterocycles. The minimum Gasteiger partial charge on any atom is -0.384 e. The maximum absolute atomic E-state index is 10.5. The number of hydrogen-bond donors (Lipinski definition) is 2. The smallest absolute Gasteiger partial charge is 0.266 e. The van der Waals surface area contributed by atoms with Crippen molar-refractivity contribution < 1.29 is 0 Å². The Hall–Kier alpha value is -1.19. The number of nitrogens with zero attached hydrogens (tertiary/aromatic N) is 1. The average Bonchev–Trinajstić information content (AvgIpc) is 2.10. The second-order valence-corrected chi connectivity index (χ2v) is 1.79. The van der Waals surface area contributed by atoms with Crippen molar-refractivity contribution in [2.45, 2.75) is 13.5 Å². The van der Waals surface area contributed by atoms with Crippen LogP contribution in [0.2, 0.25) is 0 Å². The third-order valence-electron chi connectivity index (χ3n) is 1.15. The van der Waals surface area contributed by atoms with Crippen LogP contribution in [0.5, 0.6) is 0 Å². The topological polar surface area (TPSA) is 63.8 Å². The minimum absolute atomic E-state index is 0.144. The van der Waals surface area contributed by atoms with Crippen molar-refractivity contribution in [2.24, 2.45) is 0 Å². The van der Waals surface area contributed by atoms with E-state index in [1.54, 1.807) is 4.68 Å². The molecule has 4 heteroatoms. The van der Waals surface area contributed by atoms with Crippen molar-refractivity contribution in [3.8, 4) is 0 Å². The summed E-state index contributed by atoms with van der Waals surface area (Å²) in [4.78, 5) is 10.5. The lowest BCUT2D eigenvalue weighted by Crippen LogP contribution is -2.05. The van der Waals surface area contributed by atoms with Crippen LogP contribution < -0.4 is 11.3 Å². The van der Waals surface area contributed by atoms with Crippen LogP contribution >= 0.6 is 0 Å². The highest BCUT2D eigenvalue weighted by Crippen LogP contribution is 1.92. The molecule has 1 aromatic heterocycles. The molecule has 0 fully saturated rings. The van der Waals surface area contributed by atoms with Gasteiger partial charge in [0.05, 0.1) is 0 Å². The second kappa shape index (κ2) is 1.97. The summed E-state index contributed by atoms with van der Waals surface area (Å²) in [5.74, 6) is 0.488. The number of rotatable bonds is 1. The Bertz CT molecular complexity index is 247. The van der Waals surface area contributed by atoms with Gasteiger partial charge in [-0.05, 0) is 6.92 Å². The number of H-pyrrole nitrogens is 1. The van der Waals surface area contributed by atoms with Crippen LogP contribution in [0.15, 0.2) is 10.9 Å². The molecular formula is C5H9N3O. The molecule has 0 bridgehead atoms. The van der Waals surface area contributed by atoms with Crippen molar-refractivity contribution in [2.75, 3.05) is 5.73 Å². The monoisotopic (exact) mass is 127 g/mol. The lowest BCUT2D eigenvalue weighted by Gasteiger charge is -1.96. The molecule has 1 aromatic rings. The molecule has 3 N–H and O–H groups in total. The number of nitrogens with one attached hydrogen (secondary N) is 1. The summed E-state index contributed by atoms with van der Waals surface area (Å²) in [7, 11) is 0. The molecule has 4 nitrogen and oxygen atoms in total. The van der Waals surface area contributed by atoms with Crippen LogP contribution in [0.25, 0.3) is 0 Å². The Labute approximate surface area is 52.3 Å². The lowest BCUT2D eigenvalue weighted by atomic mass is 10.6. The molecule has 0 amide bonds. The zero-order valence-electron chi connectivity index (χ0n) is 5.22. The van der Waals surface area contributed by atoms with Gasteiger partial charge in [0.1, 0.15) is 5.82 Å². The van der Waals surface area contributed by atoms with E-state index in [0.29, 0.717) is 12.4 Å². The number of hydrogen-bond acceptors (Lipinski definition) is 2. The molecule has 0 saturated carbocycles. The van der Waals surface area contributed by atoms with Crippen LogP contribution in [0.3, 0.4) is 0 Å².